The molecule has 0 saturated heterocycles. The van der Waals surface area contributed by atoms with E-state index in [0.29, 0.717) is 12.5 Å². The van der Waals surface area contributed by atoms with Crippen molar-refractivity contribution in [1.82, 2.24) is 0 Å². The lowest BCUT2D eigenvalue weighted by Crippen LogP contribution is -1.97. The molecular weight excluding hydrogens is 319 g/mol. The Morgan fingerprint density at radius 3 is 2.31 bits per heavy atom. The number of ether oxygens (including phenoxy) is 1. The highest BCUT2D eigenvalue weighted by Crippen LogP contribution is 2.24. The molecule has 1 aromatic rings. The summed E-state index contributed by atoms with van der Waals surface area (Å²) in [4.78, 5) is 0. The van der Waals surface area contributed by atoms with Crippen molar-refractivity contribution in [2.24, 2.45) is 0 Å². The number of benzene rings is 1. The largest absolute Gasteiger partial charge is 0.493 e. The highest BCUT2D eigenvalue weighted by molar-refractivity contribution is 9.11. The van der Waals surface area contributed by atoms with E-state index in [1.807, 2.05) is 18.2 Å². The lowest BCUT2D eigenvalue weighted by atomic mass is 10.3. The van der Waals surface area contributed by atoms with Crippen molar-refractivity contribution >= 4 is 43.5 Å². The summed E-state index contributed by atoms with van der Waals surface area (Å²) in [6.07, 6.45) is 0.867. The van der Waals surface area contributed by atoms with E-state index >= 15 is 0 Å². The fourth-order valence-electron chi connectivity index (χ4n) is 0.856. The Kier molecular flexibility index (Phi) is 5.14. The second-order valence-electron chi connectivity index (χ2n) is 2.50. The molecular formula is C9H9Br2ClO. The van der Waals surface area contributed by atoms with Crippen LogP contribution in [0.5, 0.6) is 5.75 Å². The third kappa shape index (κ3) is 4.34. The Morgan fingerprint density at radius 2 is 1.77 bits per heavy atom. The third-order valence-electron chi connectivity index (χ3n) is 1.38. The average Bonchev–Trinajstić information content (AvgIpc) is 2.03. The Labute approximate surface area is 99.7 Å². The average molecular weight is 328 g/mol. The molecule has 1 aromatic carbocycles. The van der Waals surface area contributed by atoms with E-state index < -0.39 is 0 Å². The number of hydrogen-bond donors (Lipinski definition) is 0. The molecule has 0 fully saturated rings. The van der Waals surface area contributed by atoms with Crippen LogP contribution in [0.3, 0.4) is 0 Å². The third-order valence-corrected chi connectivity index (χ3v) is 2.57. The lowest BCUT2D eigenvalue weighted by molar-refractivity contribution is 0.318. The zero-order valence-electron chi connectivity index (χ0n) is 6.90. The van der Waals surface area contributed by atoms with Crippen molar-refractivity contribution in [3.05, 3.63) is 27.1 Å². The first kappa shape index (κ1) is 11.3. The van der Waals surface area contributed by atoms with Gasteiger partial charge in [-0.3, -0.25) is 0 Å². The topological polar surface area (TPSA) is 9.23 Å². The molecule has 0 aliphatic heterocycles. The number of hydrogen-bond acceptors (Lipinski definition) is 1. The van der Waals surface area contributed by atoms with E-state index in [1.54, 1.807) is 0 Å². The van der Waals surface area contributed by atoms with E-state index in [4.69, 9.17) is 16.3 Å². The van der Waals surface area contributed by atoms with Crippen molar-refractivity contribution in [3.8, 4) is 5.75 Å². The fraction of sp³-hybridized carbons (Fsp3) is 0.333. The molecule has 0 saturated carbocycles. The predicted octanol–water partition coefficient (Wildman–Crippen LogP) is 4.22. The second-order valence-corrected chi connectivity index (χ2v) is 4.71. The smallest absolute Gasteiger partial charge is 0.121 e. The molecule has 0 unspecified atom stereocenters. The summed E-state index contributed by atoms with van der Waals surface area (Å²) in [5.41, 5.74) is 0. The standard InChI is InChI=1S/C9H9Br2ClO/c10-7-4-8(11)6-9(5-7)13-3-1-2-12/h4-6H,1-3H2. The first-order chi connectivity index (χ1) is 6.22. The minimum absolute atomic E-state index is 0.634. The van der Waals surface area contributed by atoms with Gasteiger partial charge in [0.1, 0.15) is 5.75 Å². The van der Waals surface area contributed by atoms with Crippen LogP contribution in [0, 0.1) is 0 Å². The van der Waals surface area contributed by atoms with E-state index in [-0.39, 0.29) is 0 Å². The molecule has 1 rings (SSSR count). The fourth-order valence-corrected chi connectivity index (χ4v) is 2.22. The number of rotatable bonds is 4. The van der Waals surface area contributed by atoms with Gasteiger partial charge in [-0.2, -0.15) is 0 Å². The summed E-state index contributed by atoms with van der Waals surface area (Å²) in [6.45, 7) is 0.659. The van der Waals surface area contributed by atoms with Crippen LogP contribution in [0.15, 0.2) is 27.1 Å². The minimum Gasteiger partial charge on any atom is -0.493 e. The zero-order valence-corrected chi connectivity index (χ0v) is 10.8. The monoisotopic (exact) mass is 326 g/mol. The minimum atomic E-state index is 0.634. The van der Waals surface area contributed by atoms with E-state index in [1.165, 1.54) is 0 Å². The van der Waals surface area contributed by atoms with Gasteiger partial charge in [0.2, 0.25) is 0 Å². The van der Waals surface area contributed by atoms with E-state index in [2.05, 4.69) is 31.9 Å². The second kappa shape index (κ2) is 5.89. The molecule has 0 aliphatic carbocycles. The van der Waals surface area contributed by atoms with Crippen LogP contribution in [0.1, 0.15) is 6.42 Å². The molecule has 72 valence electrons. The highest BCUT2D eigenvalue weighted by atomic mass is 79.9. The van der Waals surface area contributed by atoms with Crippen molar-refractivity contribution in [3.63, 3.8) is 0 Å². The van der Waals surface area contributed by atoms with Gasteiger partial charge >= 0.3 is 0 Å². The molecule has 0 aliphatic rings. The first-order valence-corrected chi connectivity index (χ1v) is 5.99. The summed E-state index contributed by atoms with van der Waals surface area (Å²) in [6, 6.07) is 5.83. The lowest BCUT2D eigenvalue weighted by Gasteiger charge is -2.05. The molecule has 4 heteroatoms. The Hall–Kier alpha value is 0.270. The van der Waals surface area contributed by atoms with Crippen molar-refractivity contribution < 1.29 is 4.74 Å². The van der Waals surface area contributed by atoms with Crippen LogP contribution in [-0.4, -0.2) is 12.5 Å². The molecule has 0 atom stereocenters. The summed E-state index contributed by atoms with van der Waals surface area (Å²) in [5, 5.41) is 0. The van der Waals surface area contributed by atoms with Gasteiger partial charge in [-0.1, -0.05) is 31.9 Å². The van der Waals surface area contributed by atoms with Crippen molar-refractivity contribution in [2.75, 3.05) is 12.5 Å². The Bertz CT molecular complexity index is 258. The van der Waals surface area contributed by atoms with Gasteiger partial charge in [0.05, 0.1) is 6.61 Å². The van der Waals surface area contributed by atoms with Gasteiger partial charge in [-0.15, -0.1) is 11.6 Å². The number of alkyl halides is 1. The summed E-state index contributed by atoms with van der Waals surface area (Å²) < 4.78 is 7.47. The predicted molar refractivity (Wildman–Crippen MR) is 62.7 cm³/mol. The van der Waals surface area contributed by atoms with Gasteiger partial charge in [-0.05, 0) is 24.6 Å². The van der Waals surface area contributed by atoms with Gasteiger partial charge < -0.3 is 4.74 Å². The Balaban J connectivity index is 2.56. The van der Waals surface area contributed by atoms with Crippen LogP contribution >= 0.6 is 43.5 Å². The van der Waals surface area contributed by atoms with Crippen molar-refractivity contribution in [1.29, 1.82) is 0 Å². The highest BCUT2D eigenvalue weighted by Gasteiger charge is 1.97. The van der Waals surface area contributed by atoms with Gasteiger partial charge in [-0.25, -0.2) is 0 Å². The van der Waals surface area contributed by atoms with Gasteiger partial charge in [0.25, 0.3) is 0 Å². The molecule has 0 aromatic heterocycles. The summed E-state index contributed by atoms with van der Waals surface area (Å²) >= 11 is 12.3. The van der Waals surface area contributed by atoms with E-state index in [0.717, 1.165) is 21.1 Å². The van der Waals surface area contributed by atoms with Gasteiger partial charge in [0.15, 0.2) is 0 Å². The van der Waals surface area contributed by atoms with Crippen LogP contribution in [-0.2, 0) is 0 Å². The molecule has 0 N–H and O–H groups in total. The van der Waals surface area contributed by atoms with Crippen LogP contribution in [0.2, 0.25) is 0 Å². The molecule has 0 heterocycles. The SMILES string of the molecule is ClCCCOc1cc(Br)cc(Br)c1. The summed E-state index contributed by atoms with van der Waals surface area (Å²) in [5.74, 6) is 1.49. The maximum absolute atomic E-state index is 5.53. The normalized spacial score (nSPS) is 10.1. The quantitative estimate of drug-likeness (QED) is 0.594. The molecule has 0 amide bonds. The molecule has 0 spiro atoms. The van der Waals surface area contributed by atoms with Crippen LogP contribution < -0.4 is 4.74 Å². The molecule has 13 heavy (non-hydrogen) atoms. The zero-order chi connectivity index (χ0) is 9.68. The summed E-state index contributed by atoms with van der Waals surface area (Å²) in [7, 11) is 0. The first-order valence-electron chi connectivity index (χ1n) is 3.87. The van der Waals surface area contributed by atoms with Crippen LogP contribution in [0.4, 0.5) is 0 Å². The number of halogens is 3. The molecule has 1 nitrogen and oxygen atoms in total. The van der Waals surface area contributed by atoms with Crippen molar-refractivity contribution in [2.45, 2.75) is 6.42 Å². The van der Waals surface area contributed by atoms with Crippen LogP contribution in [0.25, 0.3) is 0 Å². The van der Waals surface area contributed by atoms with E-state index in [9.17, 15) is 0 Å². The Morgan fingerprint density at radius 1 is 1.15 bits per heavy atom. The molecule has 0 radical (unpaired) electrons. The molecule has 0 bridgehead atoms. The van der Waals surface area contributed by atoms with Gasteiger partial charge in [0, 0.05) is 14.8 Å². The maximum atomic E-state index is 5.53. The maximum Gasteiger partial charge on any atom is 0.121 e.